The number of hydrogen-bond donors (Lipinski definition) is 0. The van der Waals surface area contributed by atoms with Gasteiger partial charge < -0.3 is 4.74 Å². The van der Waals surface area contributed by atoms with Crippen molar-refractivity contribution in [2.75, 3.05) is 13.2 Å². The van der Waals surface area contributed by atoms with Gasteiger partial charge in [-0.3, -0.25) is 0 Å². The Morgan fingerprint density at radius 2 is 1.86 bits per heavy atom. The summed E-state index contributed by atoms with van der Waals surface area (Å²) in [6.45, 7) is 3.41. The van der Waals surface area contributed by atoms with Crippen LogP contribution in [0.5, 0.6) is 0 Å². The standard InChI is InChI=1S/C17H23NO3S/c1-12-2-7-15(8-3-12)22(19,20)18-10-14-6-9-16(18)17(14)21-11-13-4-5-13/h2-3,7-8,13-14,16-17H,4-6,9-11H2,1H3/t14-,16+,17+/m1/s1. The number of hydrogen-bond acceptors (Lipinski definition) is 3. The predicted octanol–water partition coefficient (Wildman–Crippen LogP) is 2.57. The van der Waals surface area contributed by atoms with Crippen LogP contribution in [0, 0.1) is 18.8 Å². The van der Waals surface area contributed by atoms with Gasteiger partial charge in [0.1, 0.15) is 0 Å². The molecule has 22 heavy (non-hydrogen) atoms. The van der Waals surface area contributed by atoms with Crippen LogP contribution < -0.4 is 0 Å². The van der Waals surface area contributed by atoms with Crippen LogP contribution >= 0.6 is 0 Å². The first-order valence-corrected chi connectivity index (χ1v) is 9.70. The molecule has 0 spiro atoms. The molecule has 1 saturated heterocycles. The molecule has 2 saturated carbocycles. The smallest absolute Gasteiger partial charge is 0.243 e. The molecule has 3 fully saturated rings. The number of piperidine rings is 1. The minimum atomic E-state index is -3.39. The van der Waals surface area contributed by atoms with Gasteiger partial charge in [-0.15, -0.1) is 0 Å². The summed E-state index contributed by atoms with van der Waals surface area (Å²) in [6.07, 6.45) is 4.69. The van der Waals surface area contributed by atoms with Crippen LogP contribution in [0.15, 0.2) is 29.2 Å². The molecule has 0 N–H and O–H groups in total. The molecule has 4 rings (SSSR count). The van der Waals surface area contributed by atoms with Crippen molar-refractivity contribution in [3.63, 3.8) is 0 Å². The van der Waals surface area contributed by atoms with Crippen molar-refractivity contribution in [1.29, 1.82) is 0 Å². The fourth-order valence-electron chi connectivity index (χ4n) is 3.80. The number of sulfonamides is 1. The largest absolute Gasteiger partial charge is 0.376 e. The Bertz CT molecular complexity index is 651. The van der Waals surface area contributed by atoms with Gasteiger partial charge in [0, 0.05) is 19.1 Å². The Morgan fingerprint density at radius 3 is 2.55 bits per heavy atom. The van der Waals surface area contributed by atoms with Gasteiger partial charge in [-0.05, 0) is 50.7 Å². The summed E-state index contributed by atoms with van der Waals surface area (Å²) >= 11 is 0. The van der Waals surface area contributed by atoms with Crippen molar-refractivity contribution in [2.24, 2.45) is 11.8 Å². The maximum Gasteiger partial charge on any atom is 0.243 e. The van der Waals surface area contributed by atoms with Crippen LogP contribution in [-0.2, 0) is 14.8 Å². The third-order valence-corrected chi connectivity index (χ3v) is 7.22. The van der Waals surface area contributed by atoms with E-state index in [4.69, 9.17) is 4.74 Å². The van der Waals surface area contributed by atoms with Gasteiger partial charge >= 0.3 is 0 Å². The molecule has 3 atom stereocenters. The molecule has 2 bridgehead atoms. The zero-order valence-corrected chi connectivity index (χ0v) is 13.8. The molecule has 1 aromatic rings. The third kappa shape index (κ3) is 2.49. The van der Waals surface area contributed by atoms with E-state index in [1.165, 1.54) is 12.8 Å². The maximum atomic E-state index is 12.9. The molecule has 5 heteroatoms. The lowest BCUT2D eigenvalue weighted by Crippen LogP contribution is -2.40. The normalized spacial score (nSPS) is 31.8. The average molecular weight is 321 g/mol. The van der Waals surface area contributed by atoms with E-state index in [0.29, 0.717) is 17.4 Å². The van der Waals surface area contributed by atoms with E-state index in [1.807, 2.05) is 19.1 Å². The van der Waals surface area contributed by atoms with E-state index in [9.17, 15) is 8.42 Å². The Labute approximate surface area is 132 Å². The second kappa shape index (κ2) is 5.32. The van der Waals surface area contributed by atoms with Crippen LogP contribution in [-0.4, -0.2) is 38.0 Å². The summed E-state index contributed by atoms with van der Waals surface area (Å²) in [6, 6.07) is 7.20. The monoisotopic (exact) mass is 321 g/mol. The van der Waals surface area contributed by atoms with Crippen molar-refractivity contribution in [3.8, 4) is 0 Å². The minimum Gasteiger partial charge on any atom is -0.376 e. The highest BCUT2D eigenvalue weighted by atomic mass is 32.2. The summed E-state index contributed by atoms with van der Waals surface area (Å²) in [5, 5.41) is 0. The molecular weight excluding hydrogens is 298 g/mol. The molecule has 0 aromatic heterocycles. The molecule has 120 valence electrons. The Balaban J connectivity index is 1.53. The highest BCUT2D eigenvalue weighted by molar-refractivity contribution is 7.89. The zero-order chi connectivity index (χ0) is 15.3. The first-order valence-electron chi connectivity index (χ1n) is 8.26. The van der Waals surface area contributed by atoms with Gasteiger partial charge in [-0.1, -0.05) is 17.7 Å². The highest BCUT2D eigenvalue weighted by Gasteiger charge is 2.52. The van der Waals surface area contributed by atoms with E-state index in [2.05, 4.69) is 0 Å². The fourth-order valence-corrected chi connectivity index (χ4v) is 5.52. The van der Waals surface area contributed by atoms with E-state index in [0.717, 1.165) is 30.9 Å². The number of nitrogens with zero attached hydrogens (tertiary/aromatic N) is 1. The lowest BCUT2D eigenvalue weighted by molar-refractivity contribution is 0.0271. The fraction of sp³-hybridized carbons (Fsp3) is 0.647. The molecule has 1 aromatic carbocycles. The van der Waals surface area contributed by atoms with Crippen LogP contribution in [0.4, 0.5) is 0 Å². The molecule has 0 unspecified atom stereocenters. The Kier molecular flexibility index (Phi) is 3.55. The number of benzene rings is 1. The van der Waals surface area contributed by atoms with Gasteiger partial charge in [0.15, 0.2) is 0 Å². The molecule has 1 heterocycles. The van der Waals surface area contributed by atoms with Crippen molar-refractivity contribution in [3.05, 3.63) is 29.8 Å². The molecular formula is C17H23NO3S. The van der Waals surface area contributed by atoms with Gasteiger partial charge in [0.25, 0.3) is 0 Å². The number of aryl methyl sites for hydroxylation is 1. The zero-order valence-electron chi connectivity index (χ0n) is 12.9. The summed E-state index contributed by atoms with van der Waals surface area (Å²) in [7, 11) is -3.39. The van der Waals surface area contributed by atoms with E-state index < -0.39 is 10.0 Å². The van der Waals surface area contributed by atoms with E-state index >= 15 is 0 Å². The SMILES string of the molecule is Cc1ccc(S(=O)(=O)N2C[C@H]3CC[C@H]2[C@H]3OCC2CC2)cc1. The Morgan fingerprint density at radius 1 is 1.14 bits per heavy atom. The molecule has 0 radical (unpaired) electrons. The van der Waals surface area contributed by atoms with Crippen molar-refractivity contribution >= 4 is 10.0 Å². The quantitative estimate of drug-likeness (QED) is 0.837. The highest BCUT2D eigenvalue weighted by Crippen LogP contribution is 2.43. The van der Waals surface area contributed by atoms with Crippen LogP contribution in [0.3, 0.4) is 0 Å². The number of ether oxygens (including phenoxy) is 1. The van der Waals surface area contributed by atoms with Gasteiger partial charge in [0.2, 0.25) is 10.0 Å². The maximum absolute atomic E-state index is 12.9. The van der Waals surface area contributed by atoms with Crippen molar-refractivity contribution in [2.45, 2.75) is 49.6 Å². The molecule has 3 aliphatic rings. The lowest BCUT2D eigenvalue weighted by Gasteiger charge is -2.26. The van der Waals surface area contributed by atoms with Crippen LogP contribution in [0.25, 0.3) is 0 Å². The molecule has 1 aliphatic heterocycles. The van der Waals surface area contributed by atoms with Crippen molar-refractivity contribution in [1.82, 2.24) is 4.31 Å². The van der Waals surface area contributed by atoms with E-state index in [1.54, 1.807) is 16.4 Å². The van der Waals surface area contributed by atoms with Crippen LogP contribution in [0.1, 0.15) is 31.2 Å². The molecule has 4 nitrogen and oxygen atoms in total. The van der Waals surface area contributed by atoms with Gasteiger partial charge in [-0.25, -0.2) is 8.42 Å². The minimum absolute atomic E-state index is 0.0371. The van der Waals surface area contributed by atoms with Crippen LogP contribution in [0.2, 0.25) is 0 Å². The van der Waals surface area contributed by atoms with E-state index in [-0.39, 0.29) is 12.1 Å². The van der Waals surface area contributed by atoms with Crippen molar-refractivity contribution < 1.29 is 13.2 Å². The number of rotatable bonds is 5. The predicted molar refractivity (Wildman–Crippen MR) is 84.0 cm³/mol. The molecule has 0 amide bonds. The Hall–Kier alpha value is -0.910. The van der Waals surface area contributed by atoms with Gasteiger partial charge in [-0.2, -0.15) is 4.31 Å². The first-order chi connectivity index (χ1) is 10.6. The summed E-state index contributed by atoms with van der Waals surface area (Å²) in [4.78, 5) is 0.409. The second-order valence-electron chi connectivity index (χ2n) is 7.03. The summed E-state index contributed by atoms with van der Waals surface area (Å²) in [5.74, 6) is 1.10. The third-order valence-electron chi connectivity index (χ3n) is 5.31. The summed E-state index contributed by atoms with van der Waals surface area (Å²) in [5.41, 5.74) is 1.08. The van der Waals surface area contributed by atoms with Gasteiger partial charge in [0.05, 0.1) is 17.0 Å². The molecule has 2 aliphatic carbocycles. The first kappa shape index (κ1) is 14.7. The summed E-state index contributed by atoms with van der Waals surface area (Å²) < 4.78 is 33.6. The second-order valence-corrected chi connectivity index (χ2v) is 8.92. The number of fused-ring (bicyclic) bond motifs is 2. The average Bonchev–Trinajstić information content (AvgIpc) is 3.18. The topological polar surface area (TPSA) is 46.6 Å². The lowest BCUT2D eigenvalue weighted by atomic mass is 10.1.